The lowest BCUT2D eigenvalue weighted by Crippen LogP contribution is -2.57. The molecule has 0 radical (unpaired) electrons. The summed E-state index contributed by atoms with van der Waals surface area (Å²) in [5.41, 5.74) is 1.03. The maximum Gasteiger partial charge on any atom is 0.302 e. The highest BCUT2D eigenvalue weighted by molar-refractivity contribution is 5.91. The number of hydrogen-bond donors (Lipinski definition) is 2. The molecule has 0 aromatic carbocycles. The van der Waals surface area contributed by atoms with Crippen LogP contribution < -0.4 is 0 Å². The molecule has 0 aromatic rings. The van der Waals surface area contributed by atoms with Gasteiger partial charge < -0.3 is 14.9 Å². The number of ether oxygens (including phenoxy) is 1. The van der Waals surface area contributed by atoms with Crippen molar-refractivity contribution in [2.75, 3.05) is 6.61 Å². The average Bonchev–Trinajstić information content (AvgIpc) is 2.96. The zero-order valence-electron chi connectivity index (χ0n) is 17.3. The van der Waals surface area contributed by atoms with Crippen LogP contribution in [0.15, 0.2) is 11.6 Å². The van der Waals surface area contributed by atoms with Gasteiger partial charge in [-0.15, -0.1) is 0 Å². The van der Waals surface area contributed by atoms with Crippen LogP contribution in [0.25, 0.3) is 0 Å². The van der Waals surface area contributed by atoms with Crippen molar-refractivity contribution in [2.45, 2.75) is 77.9 Å². The molecule has 0 bridgehead atoms. The van der Waals surface area contributed by atoms with Crippen LogP contribution in [0.3, 0.4) is 0 Å². The van der Waals surface area contributed by atoms with Crippen molar-refractivity contribution in [2.24, 2.45) is 34.5 Å². The van der Waals surface area contributed by atoms with Crippen molar-refractivity contribution in [1.82, 2.24) is 0 Å². The quantitative estimate of drug-likeness (QED) is 0.724. The molecule has 8 unspecified atom stereocenters. The third-order valence-corrected chi connectivity index (χ3v) is 8.91. The third kappa shape index (κ3) is 2.88. The molecule has 3 saturated carbocycles. The first-order valence-electron chi connectivity index (χ1n) is 10.9. The van der Waals surface area contributed by atoms with E-state index in [1.54, 1.807) is 0 Å². The van der Waals surface area contributed by atoms with Gasteiger partial charge in [-0.1, -0.05) is 19.4 Å². The number of fused-ring (bicyclic) bond motifs is 5. The second-order valence-corrected chi connectivity index (χ2v) is 10.2. The Morgan fingerprint density at radius 1 is 1.29 bits per heavy atom. The van der Waals surface area contributed by atoms with Gasteiger partial charge in [0.1, 0.15) is 6.10 Å². The Balaban J connectivity index is 1.65. The highest BCUT2D eigenvalue weighted by Gasteiger charge is 2.63. The van der Waals surface area contributed by atoms with Crippen LogP contribution in [-0.4, -0.2) is 40.8 Å². The van der Waals surface area contributed by atoms with Crippen molar-refractivity contribution in [1.29, 1.82) is 0 Å². The molecular formula is C23H34O5. The van der Waals surface area contributed by atoms with Gasteiger partial charge in [0.05, 0.1) is 12.7 Å². The Hall–Kier alpha value is -1.20. The number of esters is 1. The topological polar surface area (TPSA) is 83.8 Å². The van der Waals surface area contributed by atoms with E-state index in [1.807, 2.05) is 6.08 Å². The maximum absolute atomic E-state index is 12.0. The second kappa shape index (κ2) is 6.94. The van der Waals surface area contributed by atoms with Crippen molar-refractivity contribution >= 4 is 11.8 Å². The van der Waals surface area contributed by atoms with Gasteiger partial charge >= 0.3 is 5.97 Å². The molecule has 2 N–H and O–H groups in total. The highest BCUT2D eigenvalue weighted by atomic mass is 16.5. The summed E-state index contributed by atoms with van der Waals surface area (Å²) in [7, 11) is 0. The van der Waals surface area contributed by atoms with Gasteiger partial charge in [0.25, 0.3) is 0 Å². The molecule has 156 valence electrons. The lowest BCUT2D eigenvalue weighted by atomic mass is 9.46. The Kier molecular flexibility index (Phi) is 4.98. The van der Waals surface area contributed by atoms with Crippen LogP contribution in [0.4, 0.5) is 0 Å². The van der Waals surface area contributed by atoms with E-state index < -0.39 is 12.2 Å². The molecule has 5 nitrogen and oxygen atoms in total. The number of carbonyl (C=O) groups is 2. The van der Waals surface area contributed by atoms with E-state index in [9.17, 15) is 19.8 Å². The summed E-state index contributed by atoms with van der Waals surface area (Å²) < 4.78 is 5.47. The smallest absolute Gasteiger partial charge is 0.302 e. The molecule has 4 aliphatic rings. The van der Waals surface area contributed by atoms with E-state index in [0.29, 0.717) is 24.7 Å². The first-order chi connectivity index (χ1) is 13.2. The SMILES string of the molecule is CC(=O)OC(CO)C1CCC2C3CCC4=CC(=O)CCC4(C)C3C(O)CC12C. The molecule has 0 aliphatic heterocycles. The molecule has 0 amide bonds. The molecule has 4 aliphatic carbocycles. The van der Waals surface area contributed by atoms with Gasteiger partial charge in [-0.25, -0.2) is 0 Å². The van der Waals surface area contributed by atoms with Gasteiger partial charge in [-0.3, -0.25) is 9.59 Å². The van der Waals surface area contributed by atoms with Gasteiger partial charge in [0, 0.05) is 19.3 Å². The lowest BCUT2D eigenvalue weighted by Gasteiger charge is -2.60. The van der Waals surface area contributed by atoms with Crippen LogP contribution >= 0.6 is 0 Å². The molecule has 5 heteroatoms. The minimum atomic E-state index is -0.488. The zero-order chi connectivity index (χ0) is 20.3. The number of aliphatic hydroxyl groups is 2. The molecule has 0 heterocycles. The van der Waals surface area contributed by atoms with E-state index in [-0.39, 0.29) is 41.0 Å². The number of ketones is 1. The number of allylic oxidation sites excluding steroid dienone is 1. The fourth-order valence-electron chi connectivity index (χ4n) is 7.80. The van der Waals surface area contributed by atoms with E-state index in [4.69, 9.17) is 4.74 Å². The fraction of sp³-hybridized carbons (Fsp3) is 0.826. The Bertz CT molecular complexity index is 699. The van der Waals surface area contributed by atoms with Gasteiger partial charge in [-0.05, 0) is 73.2 Å². The van der Waals surface area contributed by atoms with Crippen LogP contribution in [0.2, 0.25) is 0 Å². The monoisotopic (exact) mass is 390 g/mol. The molecule has 0 aromatic heterocycles. The van der Waals surface area contributed by atoms with Crippen LogP contribution in [0.1, 0.15) is 65.7 Å². The Labute approximate surface area is 167 Å². The fourth-order valence-corrected chi connectivity index (χ4v) is 7.80. The second-order valence-electron chi connectivity index (χ2n) is 10.2. The first-order valence-corrected chi connectivity index (χ1v) is 10.9. The zero-order valence-corrected chi connectivity index (χ0v) is 17.3. The summed E-state index contributed by atoms with van der Waals surface area (Å²) in [5.74, 6) is 1.04. The van der Waals surface area contributed by atoms with Crippen molar-refractivity contribution < 1.29 is 24.5 Å². The van der Waals surface area contributed by atoms with Crippen LogP contribution in [-0.2, 0) is 14.3 Å². The lowest BCUT2D eigenvalue weighted by molar-refractivity contribution is -0.165. The van der Waals surface area contributed by atoms with Crippen molar-refractivity contribution in [3.63, 3.8) is 0 Å². The first kappa shape index (κ1) is 20.1. The number of rotatable bonds is 3. The normalized spacial score (nSPS) is 46.1. The predicted octanol–water partition coefficient (Wildman–Crippen LogP) is 3.03. The summed E-state index contributed by atoms with van der Waals surface area (Å²) in [6.07, 6.45) is 6.99. The van der Waals surface area contributed by atoms with Gasteiger partial charge in [-0.2, -0.15) is 0 Å². The van der Waals surface area contributed by atoms with E-state index in [1.165, 1.54) is 12.5 Å². The Morgan fingerprint density at radius 2 is 2.04 bits per heavy atom. The molecule has 0 spiro atoms. The molecule has 28 heavy (non-hydrogen) atoms. The van der Waals surface area contributed by atoms with Crippen LogP contribution in [0, 0.1) is 34.5 Å². The number of carbonyl (C=O) groups excluding carboxylic acids is 2. The van der Waals surface area contributed by atoms with E-state index >= 15 is 0 Å². The predicted molar refractivity (Wildman–Crippen MR) is 104 cm³/mol. The largest absolute Gasteiger partial charge is 0.460 e. The van der Waals surface area contributed by atoms with E-state index in [2.05, 4.69) is 13.8 Å². The van der Waals surface area contributed by atoms with Crippen LogP contribution in [0.5, 0.6) is 0 Å². The molecule has 3 fully saturated rings. The van der Waals surface area contributed by atoms with Gasteiger partial charge in [0.2, 0.25) is 0 Å². The van der Waals surface area contributed by atoms with E-state index in [0.717, 1.165) is 32.1 Å². The summed E-state index contributed by atoms with van der Waals surface area (Å²) >= 11 is 0. The number of hydrogen-bond acceptors (Lipinski definition) is 5. The van der Waals surface area contributed by atoms with Crippen molar-refractivity contribution in [3.8, 4) is 0 Å². The standard InChI is InChI=1S/C23H34O5/c1-13(25)28-20(12-24)18-7-6-17-16-5-4-14-10-15(26)8-9-22(14,2)21(16)19(27)11-23(17,18)3/h10,16-21,24,27H,4-9,11-12H2,1-3H3. The maximum atomic E-state index is 12.0. The molecule has 8 atom stereocenters. The molecular weight excluding hydrogens is 356 g/mol. The minimum absolute atomic E-state index is 0.0814. The molecule has 4 rings (SSSR count). The minimum Gasteiger partial charge on any atom is -0.460 e. The highest BCUT2D eigenvalue weighted by Crippen LogP contribution is 2.67. The third-order valence-electron chi connectivity index (χ3n) is 8.91. The summed E-state index contributed by atoms with van der Waals surface area (Å²) in [6, 6.07) is 0. The van der Waals surface area contributed by atoms with Crippen molar-refractivity contribution in [3.05, 3.63) is 11.6 Å². The summed E-state index contributed by atoms with van der Waals surface area (Å²) in [5, 5.41) is 21.2. The average molecular weight is 391 g/mol. The molecule has 0 saturated heterocycles. The van der Waals surface area contributed by atoms with Gasteiger partial charge in [0.15, 0.2) is 5.78 Å². The summed E-state index contributed by atoms with van der Waals surface area (Å²) in [4.78, 5) is 23.5. The number of aliphatic hydroxyl groups excluding tert-OH is 2. The summed E-state index contributed by atoms with van der Waals surface area (Å²) in [6.45, 7) is 5.72. The Morgan fingerprint density at radius 3 is 2.71 bits per heavy atom.